The third-order valence-corrected chi connectivity index (χ3v) is 7.52. The summed E-state index contributed by atoms with van der Waals surface area (Å²) in [5.41, 5.74) is 1.45. The van der Waals surface area contributed by atoms with Crippen molar-refractivity contribution in [2.75, 3.05) is 32.1 Å². The van der Waals surface area contributed by atoms with E-state index in [0.717, 1.165) is 17.0 Å². The number of benzene rings is 1. The van der Waals surface area contributed by atoms with Crippen molar-refractivity contribution in [1.29, 1.82) is 0 Å². The molecule has 0 radical (unpaired) electrons. The molecular weight excluding hydrogens is 398 g/mol. The quantitative estimate of drug-likeness (QED) is 0.500. The van der Waals surface area contributed by atoms with Gasteiger partial charge in [-0.3, -0.25) is 9.59 Å². The largest absolute Gasteiger partial charge is 0.378 e. The number of hydrogen-bond acceptors (Lipinski definition) is 6. The van der Waals surface area contributed by atoms with E-state index in [2.05, 4.69) is 17.2 Å². The molecule has 150 valence electrons. The second-order valence-corrected chi connectivity index (χ2v) is 9.47. The summed E-state index contributed by atoms with van der Waals surface area (Å²) in [4.78, 5) is 25.6. The fourth-order valence-corrected chi connectivity index (χ4v) is 5.34. The molecular formula is C19H23N3O4S2. The van der Waals surface area contributed by atoms with Crippen molar-refractivity contribution in [3.05, 3.63) is 60.0 Å². The molecule has 2 N–H and O–H groups in total. The van der Waals surface area contributed by atoms with Crippen molar-refractivity contribution in [3.8, 4) is 0 Å². The first-order chi connectivity index (χ1) is 13.3. The fourth-order valence-electron chi connectivity index (χ4n) is 2.47. The van der Waals surface area contributed by atoms with E-state index in [4.69, 9.17) is 0 Å². The Hall–Kier alpha value is -2.65. The number of amides is 2. The zero-order valence-corrected chi connectivity index (χ0v) is 17.3. The number of sulfone groups is 1. The summed E-state index contributed by atoms with van der Waals surface area (Å²) in [6.45, 7) is 3.39. The molecule has 1 heterocycles. The molecule has 2 rings (SSSR count). The summed E-state index contributed by atoms with van der Waals surface area (Å²) in [5, 5.41) is 5.45. The van der Waals surface area contributed by atoms with E-state index in [1.54, 1.807) is 23.6 Å². The van der Waals surface area contributed by atoms with Gasteiger partial charge < -0.3 is 15.5 Å². The van der Waals surface area contributed by atoms with Gasteiger partial charge >= 0.3 is 11.8 Å². The van der Waals surface area contributed by atoms with Gasteiger partial charge in [-0.2, -0.15) is 0 Å². The molecule has 0 bridgehead atoms. The number of thiophene rings is 1. The average Bonchev–Trinajstić information content (AvgIpc) is 3.22. The Labute approximate surface area is 169 Å². The molecule has 0 aliphatic rings. The molecule has 1 aromatic carbocycles. The normalized spacial score (nSPS) is 12.1. The van der Waals surface area contributed by atoms with Crippen molar-refractivity contribution in [3.63, 3.8) is 0 Å². The molecule has 0 unspecified atom stereocenters. The first kappa shape index (κ1) is 21.6. The molecule has 0 saturated heterocycles. The van der Waals surface area contributed by atoms with Gasteiger partial charge in [0.25, 0.3) is 0 Å². The van der Waals surface area contributed by atoms with Crippen LogP contribution in [0, 0.1) is 0 Å². The molecule has 0 aliphatic heterocycles. The average molecular weight is 422 g/mol. The van der Waals surface area contributed by atoms with Gasteiger partial charge in [-0.15, -0.1) is 17.9 Å². The molecule has 0 saturated carbocycles. The van der Waals surface area contributed by atoms with Crippen LogP contribution in [0.15, 0.2) is 58.6 Å². The van der Waals surface area contributed by atoms with Crippen LogP contribution in [0.3, 0.4) is 0 Å². The molecule has 28 heavy (non-hydrogen) atoms. The lowest BCUT2D eigenvalue weighted by atomic mass is 10.1. The fraction of sp³-hybridized carbons (Fsp3) is 0.263. The van der Waals surface area contributed by atoms with Crippen molar-refractivity contribution < 1.29 is 18.0 Å². The Morgan fingerprint density at radius 3 is 2.32 bits per heavy atom. The van der Waals surface area contributed by atoms with Crippen molar-refractivity contribution in [1.82, 2.24) is 10.6 Å². The minimum Gasteiger partial charge on any atom is -0.378 e. The van der Waals surface area contributed by atoms with Gasteiger partial charge in [-0.05, 0) is 29.1 Å². The number of nitrogens with zero attached hydrogens (tertiary/aromatic N) is 1. The van der Waals surface area contributed by atoms with Crippen LogP contribution in [-0.4, -0.2) is 47.4 Å². The van der Waals surface area contributed by atoms with Crippen molar-refractivity contribution in [2.24, 2.45) is 0 Å². The molecule has 0 aliphatic carbocycles. The number of carbonyl (C=O) groups excluding carboxylic acids is 2. The lowest BCUT2D eigenvalue weighted by molar-refractivity contribution is -0.139. The van der Waals surface area contributed by atoms with E-state index in [-0.39, 0.29) is 17.3 Å². The van der Waals surface area contributed by atoms with Crippen LogP contribution >= 0.6 is 11.3 Å². The minimum atomic E-state index is -3.74. The van der Waals surface area contributed by atoms with Gasteiger partial charge in [0, 0.05) is 32.9 Å². The maximum absolute atomic E-state index is 13.1. The van der Waals surface area contributed by atoms with Crippen LogP contribution in [-0.2, 0) is 19.4 Å². The number of nitrogens with one attached hydrogen (secondary N) is 2. The molecule has 2 aromatic rings. The van der Waals surface area contributed by atoms with Gasteiger partial charge in [0.15, 0.2) is 9.84 Å². The van der Waals surface area contributed by atoms with E-state index in [1.165, 1.54) is 12.1 Å². The molecule has 1 atom stereocenters. The van der Waals surface area contributed by atoms with Crippen LogP contribution in [0.2, 0.25) is 0 Å². The van der Waals surface area contributed by atoms with Crippen LogP contribution in [0.4, 0.5) is 5.69 Å². The van der Waals surface area contributed by atoms with Gasteiger partial charge in [0.1, 0.15) is 9.46 Å². The zero-order valence-electron chi connectivity index (χ0n) is 15.7. The highest BCUT2D eigenvalue weighted by molar-refractivity contribution is 7.93. The summed E-state index contributed by atoms with van der Waals surface area (Å²) < 4.78 is 26.4. The third kappa shape index (κ3) is 5.20. The Morgan fingerprint density at radius 2 is 1.79 bits per heavy atom. The van der Waals surface area contributed by atoms with Crippen LogP contribution in [0.25, 0.3) is 0 Å². The molecule has 0 spiro atoms. The number of hydrogen-bond donors (Lipinski definition) is 2. The molecule has 7 nitrogen and oxygen atoms in total. The monoisotopic (exact) mass is 421 g/mol. The molecule has 0 fully saturated rings. The highest BCUT2D eigenvalue weighted by Gasteiger charge is 2.31. The molecule has 1 aromatic heterocycles. The topological polar surface area (TPSA) is 95.6 Å². The van der Waals surface area contributed by atoms with Gasteiger partial charge in [-0.1, -0.05) is 24.3 Å². The Balaban J connectivity index is 2.28. The Morgan fingerprint density at radius 1 is 1.14 bits per heavy atom. The SMILES string of the molecule is C=CCNC(=O)C(=O)NC[C@H](c1ccc(N(C)C)cc1)S(=O)(=O)c1cccs1. The van der Waals surface area contributed by atoms with Gasteiger partial charge in [0.2, 0.25) is 0 Å². The summed E-state index contributed by atoms with van der Waals surface area (Å²) in [7, 11) is 0.0319. The summed E-state index contributed by atoms with van der Waals surface area (Å²) >= 11 is 1.11. The Bertz CT molecular complexity index is 921. The van der Waals surface area contributed by atoms with Crippen LogP contribution in [0.1, 0.15) is 10.8 Å². The van der Waals surface area contributed by atoms with E-state index in [9.17, 15) is 18.0 Å². The van der Waals surface area contributed by atoms with E-state index in [1.807, 2.05) is 31.1 Å². The first-order valence-electron chi connectivity index (χ1n) is 8.49. The summed E-state index contributed by atoms with van der Waals surface area (Å²) in [6.07, 6.45) is 1.45. The predicted molar refractivity (Wildman–Crippen MR) is 111 cm³/mol. The Kier molecular flexibility index (Phi) is 7.36. The highest BCUT2D eigenvalue weighted by atomic mass is 32.2. The second kappa shape index (κ2) is 9.52. The van der Waals surface area contributed by atoms with Crippen molar-refractivity contribution >= 4 is 38.7 Å². The van der Waals surface area contributed by atoms with Gasteiger partial charge in [-0.25, -0.2) is 8.42 Å². The van der Waals surface area contributed by atoms with Crippen LogP contribution < -0.4 is 15.5 Å². The summed E-state index contributed by atoms with van der Waals surface area (Å²) in [6, 6.07) is 10.2. The van der Waals surface area contributed by atoms with E-state index < -0.39 is 26.9 Å². The predicted octanol–water partition coefficient (Wildman–Crippen LogP) is 1.75. The van der Waals surface area contributed by atoms with Crippen LogP contribution in [0.5, 0.6) is 0 Å². The number of carbonyl (C=O) groups is 2. The third-order valence-electron chi connectivity index (χ3n) is 3.99. The zero-order chi connectivity index (χ0) is 20.7. The number of rotatable bonds is 8. The van der Waals surface area contributed by atoms with Gasteiger partial charge in [0.05, 0.1) is 0 Å². The lowest BCUT2D eigenvalue weighted by Gasteiger charge is -2.19. The standard InChI is InChI=1S/C19H23N3O4S2/c1-4-11-20-18(23)19(24)21-13-16(28(25,26)17-6-5-12-27-17)14-7-9-15(10-8-14)22(2)3/h4-10,12,16H,1,11,13H2,2-3H3,(H,20,23)(H,21,24)/t16-/m1/s1. The van der Waals surface area contributed by atoms with E-state index >= 15 is 0 Å². The van der Waals surface area contributed by atoms with E-state index in [0.29, 0.717) is 5.56 Å². The first-order valence-corrected chi connectivity index (χ1v) is 10.9. The second-order valence-electron chi connectivity index (χ2n) is 6.16. The maximum atomic E-state index is 13.1. The minimum absolute atomic E-state index is 0.148. The highest BCUT2D eigenvalue weighted by Crippen LogP contribution is 2.32. The smallest absolute Gasteiger partial charge is 0.309 e. The number of anilines is 1. The lowest BCUT2D eigenvalue weighted by Crippen LogP contribution is -2.42. The van der Waals surface area contributed by atoms with Crippen molar-refractivity contribution in [2.45, 2.75) is 9.46 Å². The maximum Gasteiger partial charge on any atom is 0.309 e. The molecule has 2 amide bonds. The molecule has 9 heteroatoms. The summed E-state index contributed by atoms with van der Waals surface area (Å²) in [5.74, 6) is -1.73.